The normalized spacial score (nSPS) is 16.9. The Balaban J connectivity index is 2.29. The molecule has 0 amide bonds. The number of halogens is 2. The molecule has 0 heterocycles. The van der Waals surface area contributed by atoms with Crippen LogP contribution in [0.4, 0.5) is 0 Å². The monoisotopic (exact) mass is 477 g/mol. The van der Waals surface area contributed by atoms with Crippen LogP contribution in [0.1, 0.15) is 65.1 Å². The number of rotatable bonds is 6. The fourth-order valence-corrected chi connectivity index (χ4v) is 9.96. The SMILES string of the molecule is CCCc1ccc2c(c1-c1cc(C)cc(C)c1)C=C(C(C)CC)[CH]2[Zr]([Cl])[Cl]. The summed E-state index contributed by atoms with van der Waals surface area (Å²) in [5, 5.41) is 0. The van der Waals surface area contributed by atoms with Gasteiger partial charge in [-0.3, -0.25) is 0 Å². The average molecular weight is 480 g/mol. The minimum absolute atomic E-state index is 0.293. The molecule has 1 aliphatic carbocycles. The van der Waals surface area contributed by atoms with E-state index >= 15 is 0 Å². The Morgan fingerprint density at radius 2 is 1.70 bits per heavy atom. The quantitative estimate of drug-likeness (QED) is 0.391. The molecule has 143 valence electrons. The molecule has 0 aliphatic heterocycles. The zero-order chi connectivity index (χ0) is 19.7. The number of fused-ring (bicyclic) bond motifs is 1. The first-order chi connectivity index (χ1) is 12.9. The molecular formula is C24H29Cl2Zr. The van der Waals surface area contributed by atoms with E-state index in [4.69, 9.17) is 17.0 Å². The van der Waals surface area contributed by atoms with Gasteiger partial charge in [0.15, 0.2) is 0 Å². The van der Waals surface area contributed by atoms with E-state index in [1.165, 1.54) is 44.5 Å². The van der Waals surface area contributed by atoms with Crippen molar-refractivity contribution in [2.24, 2.45) is 5.92 Å². The van der Waals surface area contributed by atoms with Crippen molar-refractivity contribution in [2.45, 2.75) is 57.5 Å². The molecular weight excluding hydrogens is 450 g/mol. The summed E-state index contributed by atoms with van der Waals surface area (Å²) in [4.78, 5) is 0. The van der Waals surface area contributed by atoms with Crippen molar-refractivity contribution < 1.29 is 19.4 Å². The van der Waals surface area contributed by atoms with Crippen molar-refractivity contribution in [2.75, 3.05) is 0 Å². The second-order valence-corrected chi connectivity index (χ2v) is 16.7. The van der Waals surface area contributed by atoms with Gasteiger partial charge in [-0.15, -0.1) is 0 Å². The van der Waals surface area contributed by atoms with Crippen molar-refractivity contribution in [3.63, 3.8) is 0 Å². The topological polar surface area (TPSA) is 0 Å². The van der Waals surface area contributed by atoms with Crippen molar-refractivity contribution >= 4 is 23.1 Å². The van der Waals surface area contributed by atoms with Crippen LogP contribution >= 0.6 is 17.0 Å². The molecule has 0 aromatic heterocycles. The standard InChI is InChI=1S/C24H29.2ClH.Zr/c1-6-8-19-9-10-20-14-21(18(5)7-2)15-23(20)24(19)22-12-16(3)11-17(4)13-22;;;/h9-15,18H,6-8H2,1-5H3;2*1H;/q;;;+2/p-2. The number of hydrogen-bond acceptors (Lipinski definition) is 0. The summed E-state index contributed by atoms with van der Waals surface area (Å²) < 4.78 is 0.293. The summed E-state index contributed by atoms with van der Waals surface area (Å²) in [5.74, 6) is 0.525. The molecule has 3 heteroatoms. The summed E-state index contributed by atoms with van der Waals surface area (Å²) in [5.41, 5.74) is 11.0. The van der Waals surface area contributed by atoms with E-state index in [2.05, 4.69) is 71.0 Å². The van der Waals surface area contributed by atoms with Gasteiger partial charge in [0.05, 0.1) is 0 Å². The van der Waals surface area contributed by atoms with Crippen LogP contribution in [0.15, 0.2) is 35.9 Å². The van der Waals surface area contributed by atoms with Crippen LogP contribution in [0.25, 0.3) is 17.2 Å². The van der Waals surface area contributed by atoms with E-state index in [1.54, 1.807) is 0 Å². The Kier molecular flexibility index (Phi) is 7.10. The van der Waals surface area contributed by atoms with E-state index in [-0.39, 0.29) is 0 Å². The molecule has 2 unspecified atom stereocenters. The molecule has 1 aliphatic rings. The molecule has 3 rings (SSSR count). The van der Waals surface area contributed by atoms with Gasteiger partial charge >= 0.3 is 181 Å². The van der Waals surface area contributed by atoms with Gasteiger partial charge in [0.2, 0.25) is 0 Å². The number of aryl methyl sites for hydroxylation is 3. The van der Waals surface area contributed by atoms with Gasteiger partial charge in [-0.1, -0.05) is 0 Å². The maximum atomic E-state index is 6.68. The molecule has 0 N–H and O–H groups in total. The number of benzene rings is 2. The van der Waals surface area contributed by atoms with Crippen LogP contribution in [0.2, 0.25) is 0 Å². The Bertz CT molecular complexity index is 847. The van der Waals surface area contributed by atoms with E-state index in [0.717, 1.165) is 19.3 Å². The molecule has 0 saturated heterocycles. The van der Waals surface area contributed by atoms with E-state index in [0.29, 0.717) is 9.54 Å². The second-order valence-electron chi connectivity index (χ2n) is 7.91. The fraction of sp³-hybridized carbons (Fsp3) is 0.417. The van der Waals surface area contributed by atoms with Gasteiger partial charge < -0.3 is 0 Å². The van der Waals surface area contributed by atoms with E-state index in [1.807, 2.05) is 0 Å². The molecule has 0 radical (unpaired) electrons. The van der Waals surface area contributed by atoms with Gasteiger partial charge in [-0.2, -0.15) is 0 Å². The Hall–Kier alpha value is -0.357. The zero-order valence-electron chi connectivity index (χ0n) is 17.0. The molecule has 0 nitrogen and oxygen atoms in total. The molecule has 0 saturated carbocycles. The van der Waals surface area contributed by atoms with Gasteiger partial charge in [0.25, 0.3) is 0 Å². The fourth-order valence-electron chi connectivity index (χ4n) is 4.36. The van der Waals surface area contributed by atoms with E-state index < -0.39 is 19.4 Å². The first kappa shape index (κ1) is 21.4. The zero-order valence-corrected chi connectivity index (χ0v) is 21.0. The number of hydrogen-bond donors (Lipinski definition) is 0. The minimum atomic E-state index is -2.48. The maximum absolute atomic E-state index is 6.68. The van der Waals surface area contributed by atoms with Gasteiger partial charge in [-0.05, 0) is 0 Å². The van der Waals surface area contributed by atoms with Crippen molar-refractivity contribution in [3.05, 3.63) is 63.7 Å². The van der Waals surface area contributed by atoms with Crippen LogP contribution in [0, 0.1) is 19.8 Å². The van der Waals surface area contributed by atoms with Gasteiger partial charge in [-0.25, -0.2) is 0 Å². The van der Waals surface area contributed by atoms with Crippen molar-refractivity contribution in [3.8, 4) is 11.1 Å². The molecule has 2 atom stereocenters. The molecule has 2 aromatic rings. The predicted octanol–water partition coefficient (Wildman–Crippen LogP) is 8.33. The van der Waals surface area contributed by atoms with Gasteiger partial charge in [0.1, 0.15) is 0 Å². The number of allylic oxidation sites excluding steroid dienone is 1. The van der Waals surface area contributed by atoms with Gasteiger partial charge in [0, 0.05) is 0 Å². The summed E-state index contributed by atoms with van der Waals surface area (Å²) in [6.07, 6.45) is 5.81. The average Bonchev–Trinajstić information content (AvgIpc) is 2.99. The van der Waals surface area contributed by atoms with Crippen LogP contribution in [-0.2, 0) is 25.8 Å². The first-order valence-electron chi connectivity index (χ1n) is 10.0. The molecule has 27 heavy (non-hydrogen) atoms. The van der Waals surface area contributed by atoms with Crippen LogP contribution in [0.5, 0.6) is 0 Å². The van der Waals surface area contributed by atoms with Crippen LogP contribution < -0.4 is 0 Å². The third-order valence-electron chi connectivity index (χ3n) is 5.75. The van der Waals surface area contributed by atoms with Crippen LogP contribution in [0.3, 0.4) is 0 Å². The Morgan fingerprint density at radius 1 is 1.04 bits per heavy atom. The third-order valence-corrected chi connectivity index (χ3v) is 11.0. The molecule has 2 aromatic carbocycles. The third kappa shape index (κ3) is 4.31. The molecule has 0 spiro atoms. The summed E-state index contributed by atoms with van der Waals surface area (Å²) in [6, 6.07) is 11.5. The summed E-state index contributed by atoms with van der Waals surface area (Å²) in [7, 11) is 13.4. The van der Waals surface area contributed by atoms with Crippen LogP contribution in [-0.4, -0.2) is 0 Å². The molecule has 0 bridgehead atoms. The summed E-state index contributed by atoms with van der Waals surface area (Å²) >= 11 is -2.48. The Labute approximate surface area is 179 Å². The van der Waals surface area contributed by atoms with Crippen molar-refractivity contribution in [1.82, 2.24) is 0 Å². The first-order valence-corrected chi connectivity index (χ1v) is 17.8. The Morgan fingerprint density at radius 3 is 2.26 bits per heavy atom. The predicted molar refractivity (Wildman–Crippen MR) is 117 cm³/mol. The van der Waals surface area contributed by atoms with Crippen molar-refractivity contribution in [1.29, 1.82) is 0 Å². The summed E-state index contributed by atoms with van der Waals surface area (Å²) in [6.45, 7) is 11.2. The second kappa shape index (κ2) is 8.98. The molecule has 0 fully saturated rings. The van der Waals surface area contributed by atoms with E-state index in [9.17, 15) is 0 Å².